The number of pyridine rings is 1. The maximum atomic E-state index is 6.26. The molecule has 0 aliphatic heterocycles. The average Bonchev–Trinajstić information content (AvgIpc) is 2.99. The highest BCUT2D eigenvalue weighted by atomic mass is 35.5. The summed E-state index contributed by atoms with van der Waals surface area (Å²) in [5, 5.41) is 0.767. The Labute approximate surface area is 122 Å². The predicted octanol–water partition coefficient (Wildman–Crippen LogP) is 3.95. The zero-order chi connectivity index (χ0) is 13.9. The van der Waals surface area contributed by atoms with E-state index >= 15 is 0 Å². The molecule has 0 aliphatic rings. The van der Waals surface area contributed by atoms with Crippen LogP contribution in [0.25, 0.3) is 0 Å². The molecule has 1 N–H and O–H groups in total. The van der Waals surface area contributed by atoms with Crippen molar-refractivity contribution < 1.29 is 0 Å². The van der Waals surface area contributed by atoms with E-state index < -0.39 is 0 Å². The summed E-state index contributed by atoms with van der Waals surface area (Å²) in [6.45, 7) is 2.03. The molecule has 3 aromatic rings. The first-order valence-corrected chi connectivity index (χ1v) is 6.79. The Bertz CT molecular complexity index is 693. The SMILES string of the molecule is Cc1c(Cl)cccc1C(c1ccccn1)c1cnc[nH]1. The molecule has 2 aromatic heterocycles. The standard InChI is InChI=1S/C16H14ClN3/c1-11-12(5-4-6-13(11)17)16(15-9-18-10-20-15)14-7-2-3-8-19-14/h2-10,16H,1H3,(H,18,20). The van der Waals surface area contributed by atoms with Gasteiger partial charge in [0.1, 0.15) is 0 Å². The molecule has 0 amide bonds. The van der Waals surface area contributed by atoms with Gasteiger partial charge in [-0.25, -0.2) is 4.98 Å². The van der Waals surface area contributed by atoms with Gasteiger partial charge in [-0.3, -0.25) is 4.98 Å². The van der Waals surface area contributed by atoms with Crippen molar-refractivity contribution in [2.24, 2.45) is 0 Å². The molecule has 0 saturated carbocycles. The van der Waals surface area contributed by atoms with E-state index in [1.54, 1.807) is 12.5 Å². The molecular weight excluding hydrogens is 270 g/mol. The molecule has 0 bridgehead atoms. The van der Waals surface area contributed by atoms with Crippen LogP contribution in [0, 0.1) is 6.92 Å². The van der Waals surface area contributed by atoms with Crippen molar-refractivity contribution in [3.63, 3.8) is 0 Å². The van der Waals surface area contributed by atoms with Gasteiger partial charge < -0.3 is 4.98 Å². The lowest BCUT2D eigenvalue weighted by Crippen LogP contribution is -2.07. The molecule has 0 fully saturated rings. The minimum Gasteiger partial charge on any atom is -0.348 e. The number of nitrogens with one attached hydrogen (secondary N) is 1. The van der Waals surface area contributed by atoms with Crippen molar-refractivity contribution >= 4 is 11.6 Å². The summed E-state index contributed by atoms with van der Waals surface area (Å²) in [7, 11) is 0. The molecule has 100 valence electrons. The Kier molecular flexibility index (Phi) is 3.52. The molecular formula is C16H14ClN3. The van der Waals surface area contributed by atoms with Crippen LogP contribution in [0.3, 0.4) is 0 Å². The van der Waals surface area contributed by atoms with Crippen LogP contribution in [-0.4, -0.2) is 15.0 Å². The van der Waals surface area contributed by atoms with Crippen molar-refractivity contribution in [1.29, 1.82) is 0 Å². The summed E-state index contributed by atoms with van der Waals surface area (Å²) in [6, 6.07) is 11.9. The van der Waals surface area contributed by atoms with Gasteiger partial charge in [-0.1, -0.05) is 29.8 Å². The first-order valence-electron chi connectivity index (χ1n) is 6.41. The van der Waals surface area contributed by atoms with E-state index in [9.17, 15) is 0 Å². The second kappa shape index (κ2) is 5.47. The molecule has 4 heteroatoms. The number of aromatic nitrogens is 3. The molecule has 20 heavy (non-hydrogen) atoms. The van der Waals surface area contributed by atoms with Gasteiger partial charge in [-0.2, -0.15) is 0 Å². The van der Waals surface area contributed by atoms with Gasteiger partial charge in [0.15, 0.2) is 0 Å². The lowest BCUT2D eigenvalue weighted by molar-refractivity contribution is 0.877. The van der Waals surface area contributed by atoms with Crippen LogP contribution in [0.1, 0.15) is 28.4 Å². The summed E-state index contributed by atoms with van der Waals surface area (Å²) in [5.41, 5.74) is 4.19. The van der Waals surface area contributed by atoms with Crippen molar-refractivity contribution in [3.05, 3.63) is 82.7 Å². The number of imidazole rings is 1. The number of hydrogen-bond donors (Lipinski definition) is 1. The molecule has 0 saturated heterocycles. The molecule has 1 unspecified atom stereocenters. The molecule has 2 heterocycles. The Morgan fingerprint density at radius 1 is 1.15 bits per heavy atom. The maximum absolute atomic E-state index is 6.26. The molecule has 3 nitrogen and oxygen atoms in total. The molecule has 3 rings (SSSR count). The zero-order valence-corrected chi connectivity index (χ0v) is 11.8. The number of halogens is 1. The van der Waals surface area contributed by atoms with Crippen LogP contribution in [0.15, 0.2) is 55.1 Å². The van der Waals surface area contributed by atoms with Crippen molar-refractivity contribution in [2.45, 2.75) is 12.8 Å². The van der Waals surface area contributed by atoms with Gasteiger partial charge in [0.25, 0.3) is 0 Å². The minimum atomic E-state index is 0.0115. The predicted molar refractivity (Wildman–Crippen MR) is 80.0 cm³/mol. The lowest BCUT2D eigenvalue weighted by Gasteiger charge is -2.18. The Morgan fingerprint density at radius 2 is 2.05 bits per heavy atom. The number of hydrogen-bond acceptors (Lipinski definition) is 2. The van der Waals surface area contributed by atoms with Crippen molar-refractivity contribution in [3.8, 4) is 0 Å². The quantitative estimate of drug-likeness (QED) is 0.791. The second-order valence-electron chi connectivity index (χ2n) is 4.65. The van der Waals surface area contributed by atoms with E-state index in [4.69, 9.17) is 11.6 Å². The first kappa shape index (κ1) is 12.9. The molecule has 0 spiro atoms. The van der Waals surface area contributed by atoms with Gasteiger partial charge in [-0.15, -0.1) is 0 Å². The highest BCUT2D eigenvalue weighted by molar-refractivity contribution is 6.31. The van der Waals surface area contributed by atoms with Gasteiger partial charge >= 0.3 is 0 Å². The van der Waals surface area contributed by atoms with Gasteiger partial charge in [0.2, 0.25) is 0 Å². The fraction of sp³-hybridized carbons (Fsp3) is 0.125. The van der Waals surface area contributed by atoms with E-state index in [0.717, 1.165) is 27.5 Å². The molecule has 1 aromatic carbocycles. The summed E-state index contributed by atoms with van der Waals surface area (Å²) >= 11 is 6.26. The van der Waals surface area contributed by atoms with E-state index in [2.05, 4.69) is 21.0 Å². The summed E-state index contributed by atoms with van der Waals surface area (Å²) in [4.78, 5) is 11.8. The monoisotopic (exact) mass is 283 g/mol. The van der Waals surface area contributed by atoms with Crippen molar-refractivity contribution in [1.82, 2.24) is 15.0 Å². The number of benzene rings is 1. The maximum Gasteiger partial charge on any atom is 0.0922 e. The summed E-state index contributed by atoms with van der Waals surface area (Å²) in [5.74, 6) is 0.0115. The Hall–Kier alpha value is -2.13. The normalized spacial score (nSPS) is 12.3. The third-order valence-corrected chi connectivity index (χ3v) is 3.84. The molecule has 0 aliphatic carbocycles. The third kappa shape index (κ3) is 2.32. The topological polar surface area (TPSA) is 41.6 Å². The van der Waals surface area contributed by atoms with Crippen LogP contribution in [0.4, 0.5) is 0 Å². The van der Waals surface area contributed by atoms with E-state index in [1.807, 2.05) is 43.5 Å². The van der Waals surface area contributed by atoms with Crippen LogP contribution in [-0.2, 0) is 0 Å². The summed E-state index contributed by atoms with van der Waals surface area (Å²) < 4.78 is 0. The number of rotatable bonds is 3. The third-order valence-electron chi connectivity index (χ3n) is 3.43. The first-order chi connectivity index (χ1) is 9.77. The molecule has 0 radical (unpaired) electrons. The van der Waals surface area contributed by atoms with Crippen LogP contribution in [0.2, 0.25) is 5.02 Å². The van der Waals surface area contributed by atoms with Crippen LogP contribution >= 0.6 is 11.6 Å². The second-order valence-corrected chi connectivity index (χ2v) is 5.06. The number of H-pyrrole nitrogens is 1. The average molecular weight is 284 g/mol. The number of aromatic amines is 1. The van der Waals surface area contributed by atoms with Crippen LogP contribution in [0.5, 0.6) is 0 Å². The van der Waals surface area contributed by atoms with E-state index in [1.165, 1.54) is 0 Å². The Balaban J connectivity index is 2.19. The van der Waals surface area contributed by atoms with Gasteiger partial charge in [0.05, 0.1) is 17.9 Å². The largest absolute Gasteiger partial charge is 0.348 e. The smallest absolute Gasteiger partial charge is 0.0922 e. The fourth-order valence-corrected chi connectivity index (χ4v) is 2.58. The van der Waals surface area contributed by atoms with E-state index in [-0.39, 0.29) is 5.92 Å². The van der Waals surface area contributed by atoms with Crippen molar-refractivity contribution in [2.75, 3.05) is 0 Å². The highest BCUT2D eigenvalue weighted by Gasteiger charge is 2.21. The molecule has 1 atom stereocenters. The fourth-order valence-electron chi connectivity index (χ4n) is 2.39. The van der Waals surface area contributed by atoms with Gasteiger partial charge in [0, 0.05) is 23.1 Å². The Morgan fingerprint density at radius 3 is 2.75 bits per heavy atom. The van der Waals surface area contributed by atoms with Crippen LogP contribution < -0.4 is 0 Å². The number of nitrogens with zero attached hydrogens (tertiary/aromatic N) is 2. The lowest BCUT2D eigenvalue weighted by atomic mass is 9.89. The zero-order valence-electron chi connectivity index (χ0n) is 11.0. The highest BCUT2D eigenvalue weighted by Crippen LogP contribution is 2.33. The van der Waals surface area contributed by atoms with Gasteiger partial charge in [-0.05, 0) is 36.2 Å². The summed E-state index contributed by atoms with van der Waals surface area (Å²) in [6.07, 6.45) is 5.32. The van der Waals surface area contributed by atoms with E-state index in [0.29, 0.717) is 0 Å². The minimum absolute atomic E-state index is 0.0115.